The van der Waals surface area contributed by atoms with Gasteiger partial charge < -0.3 is 10.0 Å². The van der Waals surface area contributed by atoms with Crippen LogP contribution in [0.25, 0.3) is 11.1 Å². The number of aliphatic hydroxyl groups excluding tert-OH is 1. The van der Waals surface area contributed by atoms with E-state index in [1.54, 1.807) is 0 Å². The number of carbonyl (C=O) groups is 1. The molecule has 0 amide bonds. The third-order valence-corrected chi connectivity index (χ3v) is 4.75. The molecule has 5 nitrogen and oxygen atoms in total. The molecule has 1 N–H and O–H groups in total. The number of aromatic nitrogens is 2. The minimum atomic E-state index is -0.284. The van der Waals surface area contributed by atoms with Gasteiger partial charge in [0, 0.05) is 36.8 Å². The van der Waals surface area contributed by atoms with E-state index >= 15 is 0 Å². The number of carbonyl (C=O) groups excluding carboxylic acids is 1. The molecule has 0 bridgehead atoms. The minimum absolute atomic E-state index is 0.238. The third kappa shape index (κ3) is 2.51. The van der Waals surface area contributed by atoms with Crippen molar-refractivity contribution >= 4 is 11.7 Å². The number of benzene rings is 1. The predicted molar refractivity (Wildman–Crippen MR) is 87.7 cm³/mol. The van der Waals surface area contributed by atoms with Crippen molar-refractivity contribution in [3.63, 3.8) is 0 Å². The van der Waals surface area contributed by atoms with Gasteiger partial charge in [-0.05, 0) is 30.9 Å². The largest absolute Gasteiger partial charge is 0.391 e. The van der Waals surface area contributed by atoms with Gasteiger partial charge in [-0.2, -0.15) is 0 Å². The standard InChI is InChI=1S/C18H19N3O2/c1-11-16(9-19-18(20-11)21-7-6-14(22)10-21)13-2-4-15-12(8-13)3-5-17(15)23/h2,4,8-9,14,22H,3,5-7,10H2,1H3/t14-/m1/s1. The van der Waals surface area contributed by atoms with E-state index < -0.39 is 0 Å². The van der Waals surface area contributed by atoms with Crippen LogP contribution in [0.3, 0.4) is 0 Å². The maximum absolute atomic E-state index is 11.7. The van der Waals surface area contributed by atoms with Crippen molar-refractivity contribution in [2.75, 3.05) is 18.0 Å². The Labute approximate surface area is 135 Å². The van der Waals surface area contributed by atoms with Gasteiger partial charge in [-0.3, -0.25) is 4.79 Å². The van der Waals surface area contributed by atoms with E-state index in [4.69, 9.17) is 0 Å². The van der Waals surface area contributed by atoms with E-state index in [9.17, 15) is 9.90 Å². The molecular weight excluding hydrogens is 290 g/mol. The maximum Gasteiger partial charge on any atom is 0.225 e. The Morgan fingerprint density at radius 2 is 2.13 bits per heavy atom. The number of nitrogens with zero attached hydrogens (tertiary/aromatic N) is 3. The van der Waals surface area contributed by atoms with Gasteiger partial charge >= 0.3 is 0 Å². The van der Waals surface area contributed by atoms with Gasteiger partial charge in [0.05, 0.1) is 11.8 Å². The maximum atomic E-state index is 11.7. The fourth-order valence-electron chi connectivity index (χ4n) is 3.44. The van der Waals surface area contributed by atoms with Crippen LogP contribution in [-0.4, -0.2) is 40.1 Å². The highest BCUT2D eigenvalue weighted by atomic mass is 16.3. The summed E-state index contributed by atoms with van der Waals surface area (Å²) in [4.78, 5) is 22.9. The minimum Gasteiger partial charge on any atom is -0.391 e. The fourth-order valence-corrected chi connectivity index (χ4v) is 3.44. The quantitative estimate of drug-likeness (QED) is 0.921. The summed E-state index contributed by atoms with van der Waals surface area (Å²) < 4.78 is 0. The Kier molecular flexibility index (Phi) is 3.38. The molecule has 0 unspecified atom stereocenters. The number of aryl methyl sites for hydroxylation is 2. The number of hydrogen-bond acceptors (Lipinski definition) is 5. The first kappa shape index (κ1) is 14.3. The zero-order valence-electron chi connectivity index (χ0n) is 13.1. The van der Waals surface area contributed by atoms with Crippen LogP contribution in [0.15, 0.2) is 24.4 Å². The van der Waals surface area contributed by atoms with Gasteiger partial charge in [0.1, 0.15) is 0 Å². The molecule has 2 heterocycles. The van der Waals surface area contributed by atoms with Crippen LogP contribution in [0.5, 0.6) is 0 Å². The molecule has 118 valence electrons. The third-order valence-electron chi connectivity index (χ3n) is 4.75. The normalized spacial score (nSPS) is 20.2. The van der Waals surface area contributed by atoms with Gasteiger partial charge in [-0.15, -0.1) is 0 Å². The molecule has 0 spiro atoms. The van der Waals surface area contributed by atoms with Crippen LogP contribution in [0.1, 0.15) is 34.5 Å². The summed E-state index contributed by atoms with van der Waals surface area (Å²) >= 11 is 0. The van der Waals surface area contributed by atoms with Gasteiger partial charge in [-0.25, -0.2) is 9.97 Å². The number of aliphatic hydroxyl groups is 1. The van der Waals surface area contributed by atoms with Crippen LogP contribution < -0.4 is 4.90 Å². The van der Waals surface area contributed by atoms with E-state index in [1.165, 1.54) is 0 Å². The number of fused-ring (bicyclic) bond motifs is 1. The molecule has 1 aromatic carbocycles. The molecule has 1 aromatic heterocycles. The summed E-state index contributed by atoms with van der Waals surface area (Å²) in [5, 5.41) is 9.65. The monoisotopic (exact) mass is 309 g/mol. The molecule has 4 rings (SSSR count). The molecule has 1 atom stereocenters. The van der Waals surface area contributed by atoms with Gasteiger partial charge in [0.25, 0.3) is 0 Å². The highest BCUT2D eigenvalue weighted by Gasteiger charge is 2.23. The van der Waals surface area contributed by atoms with E-state index in [1.807, 2.05) is 30.2 Å². The Morgan fingerprint density at radius 1 is 1.26 bits per heavy atom. The number of rotatable bonds is 2. The molecule has 1 aliphatic heterocycles. The van der Waals surface area contributed by atoms with E-state index in [-0.39, 0.29) is 11.9 Å². The molecule has 2 aliphatic rings. The summed E-state index contributed by atoms with van der Waals surface area (Å²) in [7, 11) is 0. The topological polar surface area (TPSA) is 66.3 Å². The Hall–Kier alpha value is -2.27. The van der Waals surface area contributed by atoms with Gasteiger partial charge in [0.2, 0.25) is 5.95 Å². The lowest BCUT2D eigenvalue weighted by Crippen LogP contribution is -2.23. The van der Waals surface area contributed by atoms with Crippen LogP contribution in [0.2, 0.25) is 0 Å². The lowest BCUT2D eigenvalue weighted by molar-refractivity contribution is 0.0994. The SMILES string of the molecule is Cc1nc(N2CC[C@@H](O)C2)ncc1-c1ccc2c(c1)CCC2=O. The number of ketones is 1. The van der Waals surface area contributed by atoms with Crippen LogP contribution in [-0.2, 0) is 6.42 Å². The molecular formula is C18H19N3O2. The van der Waals surface area contributed by atoms with E-state index in [2.05, 4.69) is 16.0 Å². The molecule has 1 aliphatic carbocycles. The average molecular weight is 309 g/mol. The average Bonchev–Trinajstić information content (AvgIpc) is 3.13. The van der Waals surface area contributed by atoms with Crippen LogP contribution in [0, 0.1) is 6.92 Å². The highest BCUT2D eigenvalue weighted by Crippen LogP contribution is 2.30. The lowest BCUT2D eigenvalue weighted by Gasteiger charge is -2.16. The van der Waals surface area contributed by atoms with Crippen LogP contribution >= 0.6 is 0 Å². The summed E-state index contributed by atoms with van der Waals surface area (Å²) in [6.45, 7) is 3.37. The van der Waals surface area contributed by atoms with Gasteiger partial charge in [-0.1, -0.05) is 18.2 Å². The number of anilines is 1. The first-order chi connectivity index (χ1) is 11.1. The van der Waals surface area contributed by atoms with Crippen LogP contribution in [0.4, 0.5) is 5.95 Å². The molecule has 2 aromatic rings. The summed E-state index contributed by atoms with van der Waals surface area (Å²) in [6, 6.07) is 5.99. The van der Waals surface area contributed by atoms with E-state index in [0.717, 1.165) is 47.3 Å². The highest BCUT2D eigenvalue weighted by molar-refractivity contribution is 6.01. The number of β-amino-alcohol motifs (C(OH)–C–C–N with tert-alkyl or cyclic N) is 1. The molecule has 1 saturated heterocycles. The van der Waals surface area contributed by atoms with Crippen molar-refractivity contribution in [2.24, 2.45) is 0 Å². The number of hydrogen-bond donors (Lipinski definition) is 1. The van der Waals surface area contributed by atoms with Gasteiger partial charge in [0.15, 0.2) is 5.78 Å². The molecule has 0 radical (unpaired) electrons. The second kappa shape index (κ2) is 5.42. The van der Waals surface area contributed by atoms with Crippen molar-refractivity contribution in [1.82, 2.24) is 9.97 Å². The van der Waals surface area contributed by atoms with Crippen molar-refractivity contribution in [2.45, 2.75) is 32.3 Å². The van der Waals surface area contributed by atoms with Crippen molar-refractivity contribution < 1.29 is 9.90 Å². The second-order valence-electron chi connectivity index (χ2n) is 6.35. The first-order valence-electron chi connectivity index (χ1n) is 8.05. The molecule has 5 heteroatoms. The second-order valence-corrected chi connectivity index (χ2v) is 6.35. The fraction of sp³-hybridized carbons (Fsp3) is 0.389. The Bertz CT molecular complexity index is 788. The zero-order chi connectivity index (χ0) is 16.0. The predicted octanol–water partition coefficient (Wildman–Crippen LogP) is 2.15. The van der Waals surface area contributed by atoms with Crippen molar-refractivity contribution in [3.8, 4) is 11.1 Å². The lowest BCUT2D eigenvalue weighted by atomic mass is 10.0. The smallest absolute Gasteiger partial charge is 0.225 e. The summed E-state index contributed by atoms with van der Waals surface area (Å²) in [6.07, 6.45) is 3.77. The van der Waals surface area contributed by atoms with E-state index in [0.29, 0.717) is 18.9 Å². The number of Topliss-reactive ketones (excluding diaryl/α,β-unsaturated/α-hetero) is 1. The summed E-state index contributed by atoms with van der Waals surface area (Å²) in [5.74, 6) is 0.918. The first-order valence-corrected chi connectivity index (χ1v) is 8.05. The Balaban J connectivity index is 1.66. The zero-order valence-corrected chi connectivity index (χ0v) is 13.1. The molecule has 0 saturated carbocycles. The molecule has 23 heavy (non-hydrogen) atoms. The van der Waals surface area contributed by atoms with Crippen molar-refractivity contribution in [1.29, 1.82) is 0 Å². The molecule has 1 fully saturated rings. The van der Waals surface area contributed by atoms with Crippen molar-refractivity contribution in [3.05, 3.63) is 41.2 Å². The summed E-state index contributed by atoms with van der Waals surface area (Å²) in [5.41, 5.74) is 4.95. The Morgan fingerprint density at radius 3 is 2.87 bits per heavy atom.